The molecule has 0 aliphatic carbocycles. The van der Waals surface area contributed by atoms with Gasteiger partial charge in [-0.1, -0.05) is 45.8 Å². The number of amides is 1. The number of methoxy groups -OCH3 is 1. The fourth-order valence-electron chi connectivity index (χ4n) is 4.19. The number of benzene rings is 3. The number of nitrogens with zero attached hydrogens (tertiary/aromatic N) is 3. The minimum Gasteiger partial charge on any atom is -0.497 e. The van der Waals surface area contributed by atoms with Crippen molar-refractivity contribution in [3.8, 4) is 11.4 Å². The molecule has 0 aliphatic heterocycles. The number of hydrogen-bond acceptors (Lipinski definition) is 5. The highest BCUT2D eigenvalue weighted by atomic mass is 79.9. The SMILES string of the molecule is COc1cccc(N(CC(=O)N/N=C\c2cc(C)n(-c3cccc(Br)c3)c2C)S(=O)(=O)c2ccc(C)cc2)c1. The van der Waals surface area contributed by atoms with Crippen LogP contribution in [-0.4, -0.2) is 38.8 Å². The number of carbonyl (C=O) groups is 1. The number of nitrogens with one attached hydrogen (secondary N) is 1. The zero-order chi connectivity index (χ0) is 28.2. The lowest BCUT2D eigenvalue weighted by atomic mass is 10.2. The summed E-state index contributed by atoms with van der Waals surface area (Å²) in [6.45, 7) is 5.36. The van der Waals surface area contributed by atoms with E-state index in [1.54, 1.807) is 42.6 Å². The largest absolute Gasteiger partial charge is 0.497 e. The molecule has 202 valence electrons. The van der Waals surface area contributed by atoms with Crippen LogP contribution in [0.4, 0.5) is 5.69 Å². The van der Waals surface area contributed by atoms with Crippen LogP contribution >= 0.6 is 15.9 Å². The van der Waals surface area contributed by atoms with Gasteiger partial charge in [-0.3, -0.25) is 9.10 Å². The molecule has 0 fully saturated rings. The Morgan fingerprint density at radius 2 is 1.74 bits per heavy atom. The second kappa shape index (κ2) is 11.9. The molecule has 0 radical (unpaired) electrons. The molecule has 0 aliphatic rings. The van der Waals surface area contributed by atoms with Gasteiger partial charge >= 0.3 is 0 Å². The summed E-state index contributed by atoms with van der Waals surface area (Å²) in [5, 5.41) is 4.12. The lowest BCUT2D eigenvalue weighted by molar-refractivity contribution is -0.119. The Kier molecular flexibility index (Phi) is 8.57. The van der Waals surface area contributed by atoms with Crippen molar-refractivity contribution in [1.82, 2.24) is 9.99 Å². The lowest BCUT2D eigenvalue weighted by Gasteiger charge is -2.24. The molecule has 0 spiro atoms. The van der Waals surface area contributed by atoms with Crippen molar-refractivity contribution in [3.05, 3.63) is 106 Å². The molecule has 8 nitrogen and oxygen atoms in total. The van der Waals surface area contributed by atoms with Crippen LogP contribution in [0.1, 0.15) is 22.5 Å². The molecule has 0 saturated carbocycles. The first-order valence-corrected chi connectivity index (χ1v) is 14.3. The normalized spacial score (nSPS) is 11.5. The standard InChI is InChI=1S/C29H29BrN4O4S/c1-20-11-13-28(14-12-20)39(36,37)33(25-8-6-10-27(17-25)38-4)19-29(35)32-31-18-23-15-21(2)34(22(23)3)26-9-5-7-24(30)16-26/h5-18H,19H2,1-4H3,(H,32,35)/b31-18-. The Labute approximate surface area is 237 Å². The number of aromatic nitrogens is 1. The van der Waals surface area contributed by atoms with Crippen LogP contribution in [0.3, 0.4) is 0 Å². The Bertz CT molecular complexity index is 1630. The van der Waals surface area contributed by atoms with Crippen LogP contribution in [0.25, 0.3) is 5.69 Å². The van der Waals surface area contributed by atoms with Gasteiger partial charge in [0.15, 0.2) is 0 Å². The van der Waals surface area contributed by atoms with Crippen LogP contribution < -0.4 is 14.5 Å². The first-order valence-electron chi connectivity index (χ1n) is 12.1. The van der Waals surface area contributed by atoms with Crippen molar-refractivity contribution in [2.75, 3.05) is 18.0 Å². The molecule has 4 rings (SSSR count). The maximum Gasteiger partial charge on any atom is 0.264 e. The smallest absolute Gasteiger partial charge is 0.264 e. The van der Waals surface area contributed by atoms with E-state index in [-0.39, 0.29) is 4.90 Å². The summed E-state index contributed by atoms with van der Waals surface area (Å²) in [5.41, 5.74) is 7.47. The summed E-state index contributed by atoms with van der Waals surface area (Å²) in [7, 11) is -2.56. The van der Waals surface area contributed by atoms with Crippen LogP contribution in [-0.2, 0) is 14.8 Å². The number of halogens is 1. The van der Waals surface area contributed by atoms with E-state index < -0.39 is 22.5 Å². The predicted molar refractivity (Wildman–Crippen MR) is 157 cm³/mol. The predicted octanol–water partition coefficient (Wildman–Crippen LogP) is 5.52. The number of sulfonamides is 1. The highest BCUT2D eigenvalue weighted by molar-refractivity contribution is 9.10. The Morgan fingerprint density at radius 1 is 1.03 bits per heavy atom. The van der Waals surface area contributed by atoms with Gasteiger partial charge in [0.2, 0.25) is 0 Å². The lowest BCUT2D eigenvalue weighted by Crippen LogP contribution is -2.39. The zero-order valence-corrected chi connectivity index (χ0v) is 24.5. The molecule has 0 atom stereocenters. The molecule has 0 saturated heterocycles. The van der Waals surface area contributed by atoms with Gasteiger partial charge in [-0.25, -0.2) is 13.8 Å². The third-order valence-electron chi connectivity index (χ3n) is 6.17. The van der Waals surface area contributed by atoms with Crippen molar-refractivity contribution >= 4 is 43.8 Å². The average molecular weight is 610 g/mol. The van der Waals surface area contributed by atoms with E-state index in [2.05, 4.69) is 31.0 Å². The molecular formula is C29H29BrN4O4S. The molecule has 1 aromatic heterocycles. The van der Waals surface area contributed by atoms with Gasteiger partial charge in [0.05, 0.1) is 23.9 Å². The van der Waals surface area contributed by atoms with E-state index in [0.29, 0.717) is 11.4 Å². The van der Waals surface area contributed by atoms with Crippen LogP contribution in [0, 0.1) is 20.8 Å². The van der Waals surface area contributed by atoms with Crippen LogP contribution in [0.2, 0.25) is 0 Å². The minimum atomic E-state index is -4.05. The summed E-state index contributed by atoms with van der Waals surface area (Å²) in [5.74, 6) is -0.124. The van der Waals surface area contributed by atoms with E-state index in [4.69, 9.17) is 4.74 Å². The fourth-order valence-corrected chi connectivity index (χ4v) is 5.99. The second-order valence-electron chi connectivity index (χ2n) is 8.96. The van der Waals surface area contributed by atoms with Crippen molar-refractivity contribution in [2.24, 2.45) is 5.10 Å². The average Bonchev–Trinajstić information content (AvgIpc) is 3.19. The Morgan fingerprint density at radius 3 is 2.44 bits per heavy atom. The molecule has 1 N–H and O–H groups in total. The summed E-state index contributed by atoms with van der Waals surface area (Å²) >= 11 is 3.51. The summed E-state index contributed by atoms with van der Waals surface area (Å²) in [4.78, 5) is 13.0. The number of anilines is 1. The first kappa shape index (κ1) is 28.1. The number of hydrazone groups is 1. The van der Waals surface area contributed by atoms with E-state index in [1.807, 2.05) is 51.1 Å². The van der Waals surface area contributed by atoms with Crippen molar-refractivity contribution < 1.29 is 17.9 Å². The van der Waals surface area contributed by atoms with E-state index in [9.17, 15) is 13.2 Å². The van der Waals surface area contributed by atoms with Crippen molar-refractivity contribution in [2.45, 2.75) is 25.7 Å². The van der Waals surface area contributed by atoms with E-state index >= 15 is 0 Å². The molecular weight excluding hydrogens is 580 g/mol. The minimum absolute atomic E-state index is 0.0761. The topological polar surface area (TPSA) is 93.0 Å². The van der Waals surface area contributed by atoms with Gasteiger partial charge in [-0.2, -0.15) is 5.10 Å². The molecule has 0 unspecified atom stereocenters. The molecule has 1 heterocycles. The van der Waals surface area contributed by atoms with Gasteiger partial charge in [0.1, 0.15) is 12.3 Å². The summed E-state index contributed by atoms with van der Waals surface area (Å²) in [6.07, 6.45) is 1.55. The molecule has 4 aromatic rings. The van der Waals surface area contributed by atoms with Crippen LogP contribution in [0.15, 0.2) is 93.3 Å². The number of aryl methyl sites for hydroxylation is 2. The van der Waals surface area contributed by atoms with Gasteiger partial charge in [0, 0.05) is 33.2 Å². The number of ether oxygens (including phenoxy) is 1. The summed E-state index contributed by atoms with van der Waals surface area (Å²) < 4.78 is 36.5. The van der Waals surface area contributed by atoms with Crippen molar-refractivity contribution in [1.29, 1.82) is 0 Å². The maximum atomic E-state index is 13.6. The zero-order valence-electron chi connectivity index (χ0n) is 22.1. The molecule has 10 heteroatoms. The maximum absolute atomic E-state index is 13.6. The molecule has 39 heavy (non-hydrogen) atoms. The first-order chi connectivity index (χ1) is 18.6. The van der Waals surface area contributed by atoms with Crippen LogP contribution in [0.5, 0.6) is 5.75 Å². The van der Waals surface area contributed by atoms with Crippen molar-refractivity contribution in [3.63, 3.8) is 0 Å². The fraction of sp³-hybridized carbons (Fsp3) is 0.172. The third kappa shape index (κ3) is 6.40. The Hall–Kier alpha value is -3.89. The van der Waals surface area contributed by atoms with E-state index in [1.165, 1.54) is 19.2 Å². The number of rotatable bonds is 9. The third-order valence-corrected chi connectivity index (χ3v) is 8.45. The number of hydrogen-bond donors (Lipinski definition) is 1. The highest BCUT2D eigenvalue weighted by Crippen LogP contribution is 2.27. The summed E-state index contributed by atoms with van der Waals surface area (Å²) in [6, 6.07) is 22.9. The quantitative estimate of drug-likeness (QED) is 0.200. The van der Waals surface area contributed by atoms with Gasteiger partial charge in [0.25, 0.3) is 15.9 Å². The van der Waals surface area contributed by atoms with Gasteiger partial charge in [-0.05, 0) is 69.3 Å². The molecule has 3 aromatic carbocycles. The monoisotopic (exact) mass is 608 g/mol. The van der Waals surface area contributed by atoms with E-state index in [0.717, 1.165) is 37.0 Å². The number of carbonyl (C=O) groups excluding carboxylic acids is 1. The van der Waals surface area contributed by atoms with Gasteiger partial charge in [-0.15, -0.1) is 0 Å². The Balaban J connectivity index is 1.57. The van der Waals surface area contributed by atoms with Gasteiger partial charge < -0.3 is 9.30 Å². The molecule has 0 bridgehead atoms. The highest BCUT2D eigenvalue weighted by Gasteiger charge is 2.27. The second-order valence-corrected chi connectivity index (χ2v) is 11.7. The molecule has 1 amide bonds.